The molecule has 1 N–H and O–H groups in total. The molecule has 86 valence electrons. The molecule has 7 heteroatoms. The molecule has 2 aromatic heterocycles. The van der Waals surface area contributed by atoms with Gasteiger partial charge in [-0.2, -0.15) is 5.10 Å². The van der Waals surface area contributed by atoms with Crippen molar-refractivity contribution in [2.75, 3.05) is 0 Å². The van der Waals surface area contributed by atoms with Gasteiger partial charge < -0.3 is 9.84 Å². The van der Waals surface area contributed by atoms with E-state index >= 15 is 0 Å². The molecule has 0 unspecified atom stereocenters. The summed E-state index contributed by atoms with van der Waals surface area (Å²) in [5.74, 6) is -0.819. The first-order valence-electron chi connectivity index (χ1n) is 4.50. The van der Waals surface area contributed by atoms with E-state index in [1.165, 1.54) is 18.5 Å². The fourth-order valence-corrected chi connectivity index (χ4v) is 1.46. The summed E-state index contributed by atoms with van der Waals surface area (Å²) in [5.41, 5.74) is -0.0556. The van der Waals surface area contributed by atoms with Crippen molar-refractivity contribution in [3.63, 3.8) is 0 Å². The van der Waals surface area contributed by atoms with E-state index in [-0.39, 0.29) is 11.4 Å². The van der Waals surface area contributed by atoms with Gasteiger partial charge in [0.25, 0.3) is 5.88 Å². The van der Waals surface area contributed by atoms with Crippen LogP contribution in [-0.4, -0.2) is 26.3 Å². The molecular weight excluding hydrogens is 290 g/mol. The van der Waals surface area contributed by atoms with Crippen molar-refractivity contribution in [2.24, 2.45) is 0 Å². The first-order valence-corrected chi connectivity index (χ1v) is 5.29. The van der Waals surface area contributed by atoms with E-state index in [9.17, 15) is 4.79 Å². The van der Waals surface area contributed by atoms with E-state index < -0.39 is 5.97 Å². The number of ether oxygens (including phenoxy) is 1. The quantitative estimate of drug-likeness (QED) is 0.933. The van der Waals surface area contributed by atoms with Crippen LogP contribution in [-0.2, 0) is 0 Å². The fraction of sp³-hybridized carbons (Fsp3) is 0. The molecular formula is C10H6BrN3O3. The van der Waals surface area contributed by atoms with Gasteiger partial charge in [-0.25, -0.2) is 4.79 Å². The lowest BCUT2D eigenvalue weighted by Gasteiger charge is -2.05. The molecule has 0 amide bonds. The third-order valence-electron chi connectivity index (χ3n) is 1.81. The number of nitrogens with zero attached hydrogens (tertiary/aromatic N) is 3. The van der Waals surface area contributed by atoms with Crippen LogP contribution < -0.4 is 4.74 Å². The number of aromatic nitrogens is 3. The molecule has 0 saturated carbocycles. The molecule has 0 saturated heterocycles. The van der Waals surface area contributed by atoms with Crippen molar-refractivity contribution in [1.82, 2.24) is 15.2 Å². The summed E-state index contributed by atoms with van der Waals surface area (Å²) in [6.07, 6.45) is 4.32. The Morgan fingerprint density at radius 2 is 2.24 bits per heavy atom. The number of aromatic carboxylic acids is 1. The van der Waals surface area contributed by atoms with E-state index in [2.05, 4.69) is 31.1 Å². The molecule has 0 spiro atoms. The minimum absolute atomic E-state index is 0.0556. The number of pyridine rings is 1. The van der Waals surface area contributed by atoms with Crippen LogP contribution in [0.5, 0.6) is 11.6 Å². The minimum atomic E-state index is -1.13. The van der Waals surface area contributed by atoms with Gasteiger partial charge in [0.05, 0.1) is 12.4 Å². The van der Waals surface area contributed by atoms with Crippen LogP contribution in [0.4, 0.5) is 0 Å². The highest BCUT2D eigenvalue weighted by Crippen LogP contribution is 2.23. The van der Waals surface area contributed by atoms with Crippen molar-refractivity contribution < 1.29 is 14.6 Å². The summed E-state index contributed by atoms with van der Waals surface area (Å²) in [6.45, 7) is 0. The Balaban J connectivity index is 2.33. The van der Waals surface area contributed by atoms with E-state index in [0.29, 0.717) is 5.75 Å². The van der Waals surface area contributed by atoms with Crippen molar-refractivity contribution in [3.05, 3.63) is 40.8 Å². The van der Waals surface area contributed by atoms with Gasteiger partial charge in [-0.05, 0) is 28.1 Å². The molecule has 0 aliphatic heterocycles. The zero-order valence-corrected chi connectivity index (χ0v) is 9.96. The normalized spacial score (nSPS) is 9.94. The van der Waals surface area contributed by atoms with Crippen LogP contribution in [0.25, 0.3) is 0 Å². The van der Waals surface area contributed by atoms with Gasteiger partial charge in [-0.3, -0.25) is 4.98 Å². The van der Waals surface area contributed by atoms with Crippen molar-refractivity contribution in [3.8, 4) is 11.6 Å². The predicted octanol–water partition coefficient (Wildman–Crippen LogP) is 2.12. The van der Waals surface area contributed by atoms with Crippen molar-refractivity contribution in [2.45, 2.75) is 0 Å². The second kappa shape index (κ2) is 4.88. The van der Waals surface area contributed by atoms with Crippen LogP contribution in [0.15, 0.2) is 35.2 Å². The average molecular weight is 296 g/mol. The molecule has 0 radical (unpaired) electrons. The minimum Gasteiger partial charge on any atom is -0.477 e. The zero-order chi connectivity index (χ0) is 12.3. The third kappa shape index (κ3) is 2.76. The second-order valence-corrected chi connectivity index (χ2v) is 3.91. The Hall–Kier alpha value is -2.02. The highest BCUT2D eigenvalue weighted by molar-refractivity contribution is 9.10. The molecule has 2 rings (SSSR count). The molecule has 0 fully saturated rings. The van der Waals surface area contributed by atoms with E-state index in [4.69, 9.17) is 9.84 Å². The first-order chi connectivity index (χ1) is 8.16. The smallest absolute Gasteiger partial charge is 0.341 e. The van der Waals surface area contributed by atoms with Crippen LogP contribution >= 0.6 is 15.9 Å². The lowest BCUT2D eigenvalue weighted by Crippen LogP contribution is -2.02. The maximum Gasteiger partial charge on any atom is 0.341 e. The molecule has 0 aliphatic rings. The largest absolute Gasteiger partial charge is 0.477 e. The highest BCUT2D eigenvalue weighted by Gasteiger charge is 2.13. The summed E-state index contributed by atoms with van der Waals surface area (Å²) in [4.78, 5) is 14.8. The summed E-state index contributed by atoms with van der Waals surface area (Å²) in [5, 5.41) is 16.1. The van der Waals surface area contributed by atoms with E-state index in [0.717, 1.165) is 4.47 Å². The van der Waals surface area contributed by atoms with Gasteiger partial charge in [0.1, 0.15) is 11.3 Å². The van der Waals surface area contributed by atoms with Gasteiger partial charge >= 0.3 is 5.97 Å². The summed E-state index contributed by atoms with van der Waals surface area (Å²) in [6, 6.07) is 2.96. The third-order valence-corrected chi connectivity index (χ3v) is 2.25. The Labute approximate surface area is 104 Å². The van der Waals surface area contributed by atoms with Crippen LogP contribution in [0.1, 0.15) is 10.4 Å². The zero-order valence-electron chi connectivity index (χ0n) is 8.37. The molecule has 2 heterocycles. The topological polar surface area (TPSA) is 85.2 Å². The number of halogens is 1. The number of carboxylic acid groups (broad SMARTS) is 1. The monoisotopic (exact) mass is 295 g/mol. The van der Waals surface area contributed by atoms with Gasteiger partial charge in [0.15, 0.2) is 0 Å². The molecule has 0 aromatic carbocycles. The van der Waals surface area contributed by atoms with Gasteiger partial charge in [0, 0.05) is 10.7 Å². The van der Waals surface area contributed by atoms with Crippen LogP contribution in [0.3, 0.4) is 0 Å². The molecule has 2 aromatic rings. The predicted molar refractivity (Wildman–Crippen MR) is 61.0 cm³/mol. The van der Waals surface area contributed by atoms with E-state index in [1.54, 1.807) is 12.3 Å². The van der Waals surface area contributed by atoms with Crippen molar-refractivity contribution >= 4 is 21.9 Å². The Morgan fingerprint density at radius 3 is 2.94 bits per heavy atom. The van der Waals surface area contributed by atoms with Gasteiger partial charge in [-0.15, -0.1) is 5.10 Å². The molecule has 17 heavy (non-hydrogen) atoms. The Morgan fingerprint density at radius 1 is 1.41 bits per heavy atom. The SMILES string of the molecule is O=C(O)c1ccnnc1Oc1cncc(Br)c1. The fourth-order valence-electron chi connectivity index (χ4n) is 1.12. The maximum atomic E-state index is 10.9. The number of rotatable bonds is 3. The van der Waals surface area contributed by atoms with Crippen molar-refractivity contribution in [1.29, 1.82) is 0 Å². The lowest BCUT2D eigenvalue weighted by atomic mass is 10.3. The van der Waals surface area contributed by atoms with E-state index in [1.807, 2.05) is 0 Å². The number of hydrogen-bond donors (Lipinski definition) is 1. The van der Waals surface area contributed by atoms with Crippen LogP contribution in [0.2, 0.25) is 0 Å². The number of carboxylic acids is 1. The lowest BCUT2D eigenvalue weighted by molar-refractivity contribution is 0.0693. The highest BCUT2D eigenvalue weighted by atomic mass is 79.9. The standard InChI is InChI=1S/C10H6BrN3O3/c11-6-3-7(5-12-4-6)17-9-8(10(15)16)1-2-13-14-9/h1-5H,(H,15,16). The molecule has 0 atom stereocenters. The Kier molecular flexibility index (Phi) is 3.29. The molecule has 0 aliphatic carbocycles. The van der Waals surface area contributed by atoms with Crippen LogP contribution in [0, 0.1) is 0 Å². The molecule has 0 bridgehead atoms. The number of carbonyl (C=O) groups is 1. The number of hydrogen-bond acceptors (Lipinski definition) is 5. The second-order valence-electron chi connectivity index (χ2n) is 3.00. The Bertz CT molecular complexity index is 562. The maximum absolute atomic E-state index is 10.9. The van der Waals surface area contributed by atoms with Gasteiger partial charge in [-0.1, -0.05) is 0 Å². The summed E-state index contributed by atoms with van der Waals surface area (Å²) in [7, 11) is 0. The van der Waals surface area contributed by atoms with Gasteiger partial charge in [0.2, 0.25) is 0 Å². The first kappa shape index (κ1) is 11.5. The summed E-state index contributed by atoms with van der Waals surface area (Å²) >= 11 is 3.23. The summed E-state index contributed by atoms with van der Waals surface area (Å²) < 4.78 is 6.02. The average Bonchev–Trinajstić information content (AvgIpc) is 2.29. The molecule has 6 nitrogen and oxygen atoms in total.